The number of rotatable bonds is 7. The molecule has 7 heteroatoms. The maximum Gasteiger partial charge on any atom is 0.224 e. The van der Waals surface area contributed by atoms with Crippen molar-refractivity contribution in [2.45, 2.75) is 39.7 Å². The molecule has 0 unspecified atom stereocenters. The summed E-state index contributed by atoms with van der Waals surface area (Å²) in [6.07, 6.45) is 4.41. The van der Waals surface area contributed by atoms with Crippen LogP contribution in [0.1, 0.15) is 34.9 Å². The monoisotopic (exact) mass is 437 g/mol. The van der Waals surface area contributed by atoms with Gasteiger partial charge in [-0.15, -0.1) is 11.3 Å². The van der Waals surface area contributed by atoms with Gasteiger partial charge in [-0.25, -0.2) is 0 Å². The van der Waals surface area contributed by atoms with E-state index in [9.17, 15) is 4.79 Å². The van der Waals surface area contributed by atoms with E-state index in [4.69, 9.17) is 0 Å². The molecule has 1 aliphatic rings. The second kappa shape index (κ2) is 10.0. The van der Waals surface area contributed by atoms with Gasteiger partial charge in [0.2, 0.25) is 5.91 Å². The Morgan fingerprint density at radius 1 is 1.29 bits per heavy atom. The maximum atomic E-state index is 12.6. The van der Waals surface area contributed by atoms with Crippen LogP contribution >= 0.6 is 11.3 Å². The number of nitrogens with zero attached hydrogens (tertiary/aromatic N) is 2. The van der Waals surface area contributed by atoms with Gasteiger partial charge in [0.15, 0.2) is 5.96 Å². The van der Waals surface area contributed by atoms with Gasteiger partial charge in [-0.2, -0.15) is 0 Å². The Hall–Kier alpha value is -2.80. The Labute approximate surface area is 187 Å². The molecular formula is C24H31N5OS. The number of carbonyl (C=O) groups excluding carboxylic acids is 1. The van der Waals surface area contributed by atoms with Crippen LogP contribution < -0.4 is 10.6 Å². The van der Waals surface area contributed by atoms with Gasteiger partial charge in [-0.05, 0) is 60.9 Å². The smallest absolute Gasteiger partial charge is 0.224 e. The average molecular weight is 438 g/mol. The average Bonchev–Trinajstić information content (AvgIpc) is 3.39. The molecule has 0 radical (unpaired) electrons. The second-order valence-electron chi connectivity index (χ2n) is 7.98. The molecule has 0 saturated heterocycles. The fraction of sp³-hybridized carbons (Fsp3) is 0.417. The van der Waals surface area contributed by atoms with Crippen LogP contribution in [0.2, 0.25) is 0 Å². The first-order valence-electron chi connectivity index (χ1n) is 11.1. The van der Waals surface area contributed by atoms with Gasteiger partial charge in [-0.1, -0.05) is 12.1 Å². The SMILES string of the molecule is CCNC(=NCCC(=O)N1CCc2sccc2C1)NCCc1c[nH]c2cc(C)ccc12. The van der Waals surface area contributed by atoms with Gasteiger partial charge in [0.05, 0.1) is 6.54 Å². The first kappa shape index (κ1) is 21.4. The molecule has 6 nitrogen and oxygen atoms in total. The number of aryl methyl sites for hydroxylation is 1. The summed E-state index contributed by atoms with van der Waals surface area (Å²) in [7, 11) is 0. The van der Waals surface area contributed by atoms with Crippen molar-refractivity contribution >= 4 is 34.1 Å². The van der Waals surface area contributed by atoms with Crippen LogP contribution in [-0.4, -0.2) is 47.9 Å². The summed E-state index contributed by atoms with van der Waals surface area (Å²) in [6.45, 7) is 7.79. The molecule has 3 heterocycles. The number of nitrogens with one attached hydrogen (secondary N) is 3. The number of aliphatic imine (C=N–C) groups is 1. The number of thiophene rings is 1. The van der Waals surface area contributed by atoms with E-state index in [1.54, 1.807) is 11.3 Å². The van der Waals surface area contributed by atoms with Gasteiger partial charge in [0.25, 0.3) is 0 Å². The van der Waals surface area contributed by atoms with Crippen LogP contribution in [0.15, 0.2) is 40.8 Å². The molecule has 31 heavy (non-hydrogen) atoms. The van der Waals surface area contributed by atoms with E-state index in [1.165, 1.54) is 32.5 Å². The molecule has 3 aromatic rings. The Morgan fingerprint density at radius 3 is 3.06 bits per heavy atom. The largest absolute Gasteiger partial charge is 0.361 e. The molecule has 1 aliphatic heterocycles. The van der Waals surface area contributed by atoms with Crippen molar-refractivity contribution in [2.75, 3.05) is 26.2 Å². The topological polar surface area (TPSA) is 72.5 Å². The number of benzene rings is 1. The third-order valence-corrected chi connectivity index (χ3v) is 6.73. The molecule has 0 bridgehead atoms. The molecule has 0 atom stereocenters. The predicted octanol–water partition coefficient (Wildman–Crippen LogP) is 3.61. The second-order valence-corrected chi connectivity index (χ2v) is 8.99. The Balaban J connectivity index is 1.26. The highest BCUT2D eigenvalue weighted by Gasteiger charge is 2.20. The zero-order valence-electron chi connectivity index (χ0n) is 18.3. The van der Waals surface area contributed by atoms with E-state index >= 15 is 0 Å². The highest BCUT2D eigenvalue weighted by molar-refractivity contribution is 7.10. The third-order valence-electron chi connectivity index (χ3n) is 5.71. The minimum absolute atomic E-state index is 0.186. The van der Waals surface area contributed by atoms with Crippen LogP contribution in [0.4, 0.5) is 0 Å². The quantitative estimate of drug-likeness (QED) is 0.391. The van der Waals surface area contributed by atoms with Crippen molar-refractivity contribution in [3.63, 3.8) is 0 Å². The van der Waals surface area contributed by atoms with E-state index in [1.807, 2.05) is 4.90 Å². The minimum atomic E-state index is 0.186. The molecule has 4 rings (SSSR count). The summed E-state index contributed by atoms with van der Waals surface area (Å²) in [5.41, 5.74) is 5.04. The maximum absolute atomic E-state index is 12.6. The van der Waals surface area contributed by atoms with E-state index in [2.05, 4.69) is 70.3 Å². The van der Waals surface area contributed by atoms with Crippen LogP contribution in [0, 0.1) is 6.92 Å². The summed E-state index contributed by atoms with van der Waals surface area (Å²) in [6, 6.07) is 8.65. The van der Waals surface area contributed by atoms with Crippen molar-refractivity contribution < 1.29 is 4.79 Å². The lowest BCUT2D eigenvalue weighted by atomic mass is 10.1. The van der Waals surface area contributed by atoms with Gasteiger partial charge in [-0.3, -0.25) is 9.79 Å². The van der Waals surface area contributed by atoms with Gasteiger partial charge < -0.3 is 20.5 Å². The number of amides is 1. The number of hydrogen-bond acceptors (Lipinski definition) is 3. The molecule has 0 fully saturated rings. The van der Waals surface area contributed by atoms with E-state index in [0.29, 0.717) is 13.0 Å². The van der Waals surface area contributed by atoms with Crippen molar-refractivity contribution in [3.8, 4) is 0 Å². The van der Waals surface area contributed by atoms with Gasteiger partial charge >= 0.3 is 0 Å². The summed E-state index contributed by atoms with van der Waals surface area (Å²) in [5.74, 6) is 0.954. The molecule has 3 N–H and O–H groups in total. The number of carbonyl (C=O) groups is 1. The normalized spacial score (nSPS) is 14.0. The van der Waals surface area contributed by atoms with Gasteiger partial charge in [0.1, 0.15) is 0 Å². The molecule has 1 aromatic carbocycles. The standard InChI is InChI=1S/C24H31N5OS/c1-3-25-24(26-10-6-18-15-28-21-14-17(2)4-5-20(18)21)27-11-7-23(30)29-12-8-22-19(16-29)9-13-31-22/h4-5,9,13-15,28H,3,6-8,10-12,16H2,1-2H3,(H2,25,26,27). The number of H-pyrrole nitrogens is 1. The number of aromatic nitrogens is 1. The van der Waals surface area contributed by atoms with Crippen molar-refractivity contribution in [2.24, 2.45) is 4.99 Å². The third kappa shape index (κ3) is 5.28. The number of fused-ring (bicyclic) bond motifs is 2. The Bertz CT molecular complexity index is 1070. The Kier molecular flexibility index (Phi) is 6.92. The first-order valence-corrected chi connectivity index (χ1v) is 11.9. The van der Waals surface area contributed by atoms with Crippen LogP contribution in [0.3, 0.4) is 0 Å². The lowest BCUT2D eigenvalue weighted by Gasteiger charge is -2.26. The first-order chi connectivity index (χ1) is 15.1. The van der Waals surface area contributed by atoms with E-state index in [-0.39, 0.29) is 5.91 Å². The molecule has 0 saturated carbocycles. The highest BCUT2D eigenvalue weighted by Crippen LogP contribution is 2.24. The summed E-state index contributed by atoms with van der Waals surface area (Å²) in [5, 5.41) is 10.1. The fourth-order valence-corrected chi connectivity index (χ4v) is 4.94. The molecule has 164 valence electrons. The van der Waals surface area contributed by atoms with E-state index < -0.39 is 0 Å². The molecule has 1 amide bonds. The molecule has 0 aliphatic carbocycles. The van der Waals surface area contributed by atoms with Crippen LogP contribution in [-0.2, 0) is 24.2 Å². The van der Waals surface area contributed by atoms with Crippen LogP contribution in [0.25, 0.3) is 10.9 Å². The fourth-order valence-electron chi connectivity index (χ4n) is 4.05. The number of hydrogen-bond donors (Lipinski definition) is 3. The number of guanidine groups is 1. The van der Waals surface area contributed by atoms with Crippen LogP contribution in [0.5, 0.6) is 0 Å². The zero-order valence-corrected chi connectivity index (χ0v) is 19.1. The lowest BCUT2D eigenvalue weighted by molar-refractivity contribution is -0.131. The molecular weight excluding hydrogens is 406 g/mol. The molecule has 2 aromatic heterocycles. The molecule has 0 spiro atoms. The summed E-state index contributed by atoms with van der Waals surface area (Å²) in [4.78, 5) is 24.0. The van der Waals surface area contributed by atoms with E-state index in [0.717, 1.165) is 45.0 Å². The Morgan fingerprint density at radius 2 is 2.19 bits per heavy atom. The van der Waals surface area contributed by atoms with Gasteiger partial charge in [0, 0.05) is 54.6 Å². The lowest BCUT2D eigenvalue weighted by Crippen LogP contribution is -2.39. The van der Waals surface area contributed by atoms with Crippen molar-refractivity contribution in [3.05, 3.63) is 57.4 Å². The van der Waals surface area contributed by atoms with Crippen molar-refractivity contribution in [1.82, 2.24) is 20.5 Å². The zero-order chi connectivity index (χ0) is 21.6. The van der Waals surface area contributed by atoms with Crippen molar-refractivity contribution in [1.29, 1.82) is 0 Å². The number of aromatic amines is 1. The summed E-state index contributed by atoms with van der Waals surface area (Å²) < 4.78 is 0. The highest BCUT2D eigenvalue weighted by atomic mass is 32.1. The summed E-state index contributed by atoms with van der Waals surface area (Å²) >= 11 is 1.80. The predicted molar refractivity (Wildman–Crippen MR) is 129 cm³/mol. The minimum Gasteiger partial charge on any atom is -0.361 e.